The van der Waals surface area contributed by atoms with Gasteiger partial charge in [0.15, 0.2) is 0 Å². The summed E-state index contributed by atoms with van der Waals surface area (Å²) < 4.78 is 38.2. The van der Waals surface area contributed by atoms with Crippen LogP contribution in [0.3, 0.4) is 0 Å². The minimum absolute atomic E-state index is 0.239. The molecule has 3 aromatic carbocycles. The highest BCUT2D eigenvalue weighted by Gasteiger charge is 2.10. The van der Waals surface area contributed by atoms with Crippen molar-refractivity contribution in [1.82, 2.24) is 10.3 Å². The monoisotopic (exact) mass is 473 g/mol. The van der Waals surface area contributed by atoms with Crippen LogP contribution in [0.2, 0.25) is 0 Å². The van der Waals surface area contributed by atoms with E-state index in [0.717, 1.165) is 28.6 Å². The number of anilines is 2. The molecule has 4 aromatic rings. The number of pyridine rings is 1. The standard InChI is InChI=1S/C28H25F2N3O2/c1-18-26(19(2)32-17-20-13-21(29)15-22(30)14-20)5-4-6-27(18)35-25-11-12-31-28(16-25)33-23-7-9-24(34-3)10-8-23/h4-16,32H,2,17H2,1,3H3,(H,31,33). The highest BCUT2D eigenvalue weighted by Crippen LogP contribution is 2.31. The lowest BCUT2D eigenvalue weighted by Crippen LogP contribution is -2.12. The fraction of sp³-hybridized carbons (Fsp3) is 0.107. The Balaban J connectivity index is 1.45. The molecule has 35 heavy (non-hydrogen) atoms. The SMILES string of the molecule is C=C(NCc1cc(F)cc(F)c1)c1cccc(Oc2ccnc(Nc3ccc(OC)cc3)c2)c1C. The van der Waals surface area contributed by atoms with Crippen LogP contribution in [0.1, 0.15) is 16.7 Å². The number of hydrogen-bond acceptors (Lipinski definition) is 5. The lowest BCUT2D eigenvalue weighted by molar-refractivity contribution is 0.415. The second kappa shape index (κ2) is 10.7. The normalized spacial score (nSPS) is 10.5. The summed E-state index contributed by atoms with van der Waals surface area (Å²) in [4.78, 5) is 4.35. The van der Waals surface area contributed by atoms with E-state index >= 15 is 0 Å². The second-order valence-corrected chi connectivity index (χ2v) is 7.87. The Bertz CT molecular complexity index is 1320. The number of hydrogen-bond donors (Lipinski definition) is 2. The van der Waals surface area contributed by atoms with Crippen molar-refractivity contribution < 1.29 is 18.3 Å². The Labute approximate surface area is 203 Å². The van der Waals surface area contributed by atoms with E-state index in [4.69, 9.17) is 9.47 Å². The number of rotatable bonds is 9. The van der Waals surface area contributed by atoms with Crippen LogP contribution in [0.25, 0.3) is 5.70 Å². The molecule has 5 nitrogen and oxygen atoms in total. The quantitative estimate of drug-likeness (QED) is 0.275. The van der Waals surface area contributed by atoms with Crippen molar-refractivity contribution in [3.63, 3.8) is 0 Å². The molecular formula is C28H25F2N3O2. The summed E-state index contributed by atoms with van der Waals surface area (Å²) in [5, 5.41) is 6.38. The van der Waals surface area contributed by atoms with Gasteiger partial charge in [-0.2, -0.15) is 0 Å². The van der Waals surface area contributed by atoms with Gasteiger partial charge in [-0.25, -0.2) is 13.8 Å². The first-order valence-electron chi connectivity index (χ1n) is 10.9. The molecule has 0 bridgehead atoms. The van der Waals surface area contributed by atoms with Crippen LogP contribution in [0.15, 0.2) is 85.6 Å². The Morgan fingerprint density at radius 3 is 2.40 bits per heavy atom. The number of aromatic nitrogens is 1. The Kier molecular flexibility index (Phi) is 7.26. The van der Waals surface area contributed by atoms with Crippen LogP contribution in [-0.4, -0.2) is 12.1 Å². The van der Waals surface area contributed by atoms with Crippen molar-refractivity contribution in [1.29, 1.82) is 0 Å². The lowest BCUT2D eigenvalue weighted by Gasteiger charge is -2.16. The minimum atomic E-state index is -0.614. The lowest BCUT2D eigenvalue weighted by atomic mass is 10.0. The van der Waals surface area contributed by atoms with Gasteiger partial charge in [0.25, 0.3) is 0 Å². The van der Waals surface area contributed by atoms with Crippen molar-refractivity contribution in [3.05, 3.63) is 114 Å². The van der Waals surface area contributed by atoms with Crippen LogP contribution >= 0.6 is 0 Å². The van der Waals surface area contributed by atoms with Crippen molar-refractivity contribution >= 4 is 17.2 Å². The first kappa shape index (κ1) is 23.8. The second-order valence-electron chi connectivity index (χ2n) is 7.87. The first-order chi connectivity index (χ1) is 16.9. The highest BCUT2D eigenvalue weighted by molar-refractivity contribution is 5.67. The molecule has 0 fully saturated rings. The van der Waals surface area contributed by atoms with Gasteiger partial charge in [-0.1, -0.05) is 18.7 Å². The predicted molar refractivity (Wildman–Crippen MR) is 134 cm³/mol. The van der Waals surface area contributed by atoms with Crippen LogP contribution < -0.4 is 20.1 Å². The fourth-order valence-corrected chi connectivity index (χ4v) is 3.56. The molecule has 0 saturated heterocycles. The van der Waals surface area contributed by atoms with E-state index in [1.807, 2.05) is 55.5 Å². The van der Waals surface area contributed by atoms with Crippen LogP contribution in [-0.2, 0) is 6.54 Å². The van der Waals surface area contributed by atoms with Crippen molar-refractivity contribution in [2.24, 2.45) is 0 Å². The van der Waals surface area contributed by atoms with E-state index in [0.29, 0.717) is 28.6 Å². The van der Waals surface area contributed by atoms with Gasteiger partial charge < -0.3 is 20.1 Å². The van der Waals surface area contributed by atoms with Gasteiger partial charge in [0.05, 0.1) is 7.11 Å². The summed E-state index contributed by atoms with van der Waals surface area (Å²) in [5.74, 6) is 1.45. The number of benzene rings is 3. The van der Waals surface area contributed by atoms with E-state index in [1.54, 1.807) is 19.4 Å². The molecule has 0 radical (unpaired) electrons. The van der Waals surface area contributed by atoms with Crippen LogP contribution in [0.5, 0.6) is 17.2 Å². The van der Waals surface area contributed by atoms with Gasteiger partial charge >= 0.3 is 0 Å². The van der Waals surface area contributed by atoms with Gasteiger partial charge in [-0.3, -0.25) is 0 Å². The van der Waals surface area contributed by atoms with Crippen molar-refractivity contribution in [2.75, 3.05) is 12.4 Å². The van der Waals surface area contributed by atoms with Crippen LogP contribution in [0.4, 0.5) is 20.3 Å². The molecule has 0 saturated carbocycles. The molecule has 178 valence electrons. The number of ether oxygens (including phenoxy) is 2. The van der Waals surface area contributed by atoms with Gasteiger partial charge in [-0.15, -0.1) is 0 Å². The topological polar surface area (TPSA) is 55.4 Å². The van der Waals surface area contributed by atoms with Gasteiger partial charge in [0, 0.05) is 47.4 Å². The zero-order chi connectivity index (χ0) is 24.8. The summed E-state index contributed by atoms with van der Waals surface area (Å²) in [6.07, 6.45) is 1.67. The van der Waals surface area contributed by atoms with E-state index in [2.05, 4.69) is 22.2 Å². The first-order valence-corrected chi connectivity index (χ1v) is 10.9. The minimum Gasteiger partial charge on any atom is -0.497 e. The molecule has 0 aliphatic carbocycles. The zero-order valence-electron chi connectivity index (χ0n) is 19.4. The van der Waals surface area contributed by atoms with E-state index < -0.39 is 11.6 Å². The smallest absolute Gasteiger partial charge is 0.134 e. The predicted octanol–water partition coefficient (Wildman–Crippen LogP) is 6.97. The van der Waals surface area contributed by atoms with Crippen molar-refractivity contribution in [2.45, 2.75) is 13.5 Å². The van der Waals surface area contributed by atoms with E-state index in [-0.39, 0.29) is 6.54 Å². The molecule has 0 spiro atoms. The average molecular weight is 474 g/mol. The van der Waals surface area contributed by atoms with E-state index in [1.165, 1.54) is 12.1 Å². The third-order valence-electron chi connectivity index (χ3n) is 5.36. The number of halogens is 2. The van der Waals surface area contributed by atoms with Crippen molar-refractivity contribution in [3.8, 4) is 17.2 Å². The number of nitrogens with one attached hydrogen (secondary N) is 2. The fourth-order valence-electron chi connectivity index (χ4n) is 3.56. The number of nitrogens with zero attached hydrogens (tertiary/aromatic N) is 1. The third-order valence-corrected chi connectivity index (χ3v) is 5.36. The van der Waals surface area contributed by atoms with E-state index in [9.17, 15) is 8.78 Å². The number of methoxy groups -OCH3 is 1. The molecule has 4 rings (SSSR count). The maximum atomic E-state index is 13.5. The molecule has 0 atom stereocenters. The maximum Gasteiger partial charge on any atom is 0.134 e. The summed E-state index contributed by atoms with van der Waals surface area (Å²) in [7, 11) is 1.62. The average Bonchev–Trinajstić information content (AvgIpc) is 2.84. The molecule has 7 heteroatoms. The Morgan fingerprint density at radius 2 is 1.69 bits per heavy atom. The van der Waals surface area contributed by atoms with Gasteiger partial charge in [0.1, 0.15) is 34.7 Å². The Hall–Kier alpha value is -4.39. The summed E-state index contributed by atoms with van der Waals surface area (Å²) >= 11 is 0. The molecular weight excluding hydrogens is 448 g/mol. The Morgan fingerprint density at radius 1 is 0.943 bits per heavy atom. The molecule has 0 amide bonds. The summed E-state index contributed by atoms with van der Waals surface area (Å²) in [6, 6.07) is 20.2. The van der Waals surface area contributed by atoms with Gasteiger partial charge in [0.2, 0.25) is 0 Å². The zero-order valence-corrected chi connectivity index (χ0v) is 19.4. The summed E-state index contributed by atoms with van der Waals surface area (Å²) in [6.45, 7) is 6.25. The largest absolute Gasteiger partial charge is 0.497 e. The third kappa shape index (κ3) is 6.14. The molecule has 0 unspecified atom stereocenters. The molecule has 1 heterocycles. The molecule has 0 aliphatic rings. The molecule has 2 N–H and O–H groups in total. The molecule has 1 aromatic heterocycles. The van der Waals surface area contributed by atoms with Crippen LogP contribution in [0, 0.1) is 18.6 Å². The highest BCUT2D eigenvalue weighted by atomic mass is 19.1. The maximum absolute atomic E-state index is 13.5. The molecule has 0 aliphatic heterocycles. The van der Waals surface area contributed by atoms with Gasteiger partial charge in [-0.05, 0) is 61.0 Å². The summed E-state index contributed by atoms with van der Waals surface area (Å²) in [5.41, 5.74) is 3.69.